The number of aliphatic hydroxyl groups is 1. The van der Waals surface area contributed by atoms with Gasteiger partial charge in [0.1, 0.15) is 12.4 Å². The number of phenolic OH excluding ortho intramolecular Hbond substituents is 1. The average molecular weight is 408 g/mol. The largest absolute Gasteiger partial charge is 0.507 e. The number of rotatable bonds is 4. The molecular weight excluding hydrogens is 380 g/mol. The summed E-state index contributed by atoms with van der Waals surface area (Å²) in [4.78, 5) is 11.9. The number of benzene rings is 2. The second-order valence-electron chi connectivity index (χ2n) is 9.08. The quantitative estimate of drug-likeness (QED) is 0.583. The number of carbonyl (C=O) groups is 1. The Balaban J connectivity index is 1.94. The van der Waals surface area contributed by atoms with E-state index in [-0.39, 0.29) is 24.2 Å². The van der Waals surface area contributed by atoms with Crippen molar-refractivity contribution in [3.8, 4) is 17.2 Å². The number of phenols is 1. The molecule has 30 heavy (non-hydrogen) atoms. The first kappa shape index (κ1) is 20.5. The van der Waals surface area contributed by atoms with Gasteiger partial charge in [-0.25, -0.2) is 0 Å². The molecule has 3 atom stereocenters. The van der Waals surface area contributed by atoms with Gasteiger partial charge >= 0.3 is 0 Å². The number of allylic oxidation sites excluding steroid dienone is 1. The van der Waals surface area contributed by atoms with E-state index in [0.29, 0.717) is 17.1 Å². The van der Waals surface area contributed by atoms with Crippen LogP contribution in [0.15, 0.2) is 36.4 Å². The van der Waals surface area contributed by atoms with Gasteiger partial charge in [0.2, 0.25) is 0 Å². The topological polar surface area (TPSA) is 76.0 Å². The first-order valence-electron chi connectivity index (χ1n) is 10.2. The maximum Gasteiger partial charge on any atom is 0.165 e. The minimum Gasteiger partial charge on any atom is -0.507 e. The molecule has 0 bridgehead atoms. The normalized spacial score (nSPS) is 22.5. The Labute approximate surface area is 177 Å². The molecule has 0 fully saturated rings. The van der Waals surface area contributed by atoms with Crippen molar-refractivity contribution in [1.82, 2.24) is 0 Å². The lowest BCUT2D eigenvalue weighted by molar-refractivity contribution is -0.0659. The second-order valence-corrected chi connectivity index (χ2v) is 9.08. The number of fused-ring (bicyclic) bond motifs is 2. The van der Waals surface area contributed by atoms with Gasteiger partial charge in [0.05, 0.1) is 11.2 Å². The van der Waals surface area contributed by atoms with Crippen molar-refractivity contribution in [3.63, 3.8) is 0 Å². The van der Waals surface area contributed by atoms with Crippen molar-refractivity contribution >= 4 is 6.29 Å². The van der Waals surface area contributed by atoms with Crippen LogP contribution in [0, 0.1) is 12.8 Å². The van der Waals surface area contributed by atoms with Gasteiger partial charge in [-0.15, -0.1) is 0 Å². The van der Waals surface area contributed by atoms with Crippen LogP contribution in [0.1, 0.15) is 59.3 Å². The molecule has 2 aromatic rings. The summed E-state index contributed by atoms with van der Waals surface area (Å²) in [6, 6.07) is 7.43. The summed E-state index contributed by atoms with van der Waals surface area (Å²) in [5, 5.41) is 20.9. The molecule has 0 aromatic heterocycles. The molecule has 4 rings (SSSR count). The Morgan fingerprint density at radius 1 is 1.30 bits per heavy atom. The lowest BCUT2D eigenvalue weighted by atomic mass is 9.80. The molecule has 5 heteroatoms. The Kier molecular flexibility index (Phi) is 4.89. The number of aryl methyl sites for hydroxylation is 1. The number of aldehydes is 1. The molecular formula is C25H28O5. The maximum atomic E-state index is 11.9. The lowest BCUT2D eigenvalue weighted by Crippen LogP contribution is -2.46. The second kappa shape index (κ2) is 7.17. The van der Waals surface area contributed by atoms with Crippen molar-refractivity contribution in [2.75, 3.05) is 6.61 Å². The molecule has 5 nitrogen and oxygen atoms in total. The molecule has 0 saturated carbocycles. The smallest absolute Gasteiger partial charge is 0.165 e. The number of hydrogen-bond donors (Lipinski definition) is 2. The summed E-state index contributed by atoms with van der Waals surface area (Å²) >= 11 is 0. The Hall–Kier alpha value is -2.79. The number of ether oxygens (including phenoxy) is 2. The number of carbonyl (C=O) groups excluding carboxylic acids is 1. The SMILES string of the molecule is C=C(C)[C@@H]1Cc2ccc(O)c(C=O)c2[C@@H]1c1cc(C)cc2c1O[C@H](C(C)(C)O)CO2. The van der Waals surface area contributed by atoms with Gasteiger partial charge in [0.15, 0.2) is 23.9 Å². The third-order valence-corrected chi connectivity index (χ3v) is 6.26. The van der Waals surface area contributed by atoms with E-state index in [0.717, 1.165) is 40.5 Å². The summed E-state index contributed by atoms with van der Waals surface area (Å²) in [6.07, 6.45) is 0.932. The van der Waals surface area contributed by atoms with Crippen LogP contribution in [0.2, 0.25) is 0 Å². The van der Waals surface area contributed by atoms with E-state index in [1.807, 2.05) is 32.0 Å². The van der Waals surface area contributed by atoms with Crippen LogP contribution >= 0.6 is 0 Å². The van der Waals surface area contributed by atoms with Gasteiger partial charge in [-0.05, 0) is 68.9 Å². The Morgan fingerprint density at radius 3 is 2.67 bits per heavy atom. The third-order valence-electron chi connectivity index (χ3n) is 6.26. The minimum absolute atomic E-state index is 0.0239. The fourth-order valence-corrected chi connectivity index (χ4v) is 4.65. The standard InChI is InChI=1S/C25H28O5/c1-13(2)16-10-15-6-7-19(27)18(11-26)22(15)23(16)17-8-14(3)9-20-24(17)30-21(12-29-20)25(4,5)28/h6-9,11,16,21,23,27-28H,1,10,12H2,2-5H3/t16-,21-,23-/m0/s1. The fraction of sp³-hybridized carbons (Fsp3) is 0.400. The Morgan fingerprint density at radius 2 is 2.03 bits per heavy atom. The molecule has 2 aromatic carbocycles. The highest BCUT2D eigenvalue weighted by molar-refractivity contribution is 5.84. The highest BCUT2D eigenvalue weighted by atomic mass is 16.6. The van der Waals surface area contributed by atoms with E-state index in [4.69, 9.17) is 9.47 Å². The van der Waals surface area contributed by atoms with Crippen LogP contribution in [0.4, 0.5) is 0 Å². The van der Waals surface area contributed by atoms with E-state index in [1.165, 1.54) is 0 Å². The molecule has 2 N–H and O–H groups in total. The molecule has 1 aliphatic heterocycles. The van der Waals surface area contributed by atoms with E-state index in [2.05, 4.69) is 6.58 Å². The molecule has 0 unspecified atom stereocenters. The first-order valence-corrected chi connectivity index (χ1v) is 10.2. The zero-order valence-corrected chi connectivity index (χ0v) is 17.9. The van der Waals surface area contributed by atoms with Crippen molar-refractivity contribution < 1.29 is 24.5 Å². The van der Waals surface area contributed by atoms with Gasteiger partial charge in [-0.3, -0.25) is 4.79 Å². The molecule has 158 valence electrons. The molecule has 0 spiro atoms. The van der Waals surface area contributed by atoms with Crippen LogP contribution in [-0.2, 0) is 6.42 Å². The summed E-state index contributed by atoms with van der Waals surface area (Å²) in [5.74, 6) is 1.04. The molecule has 0 amide bonds. The molecule has 1 aliphatic carbocycles. The summed E-state index contributed by atoms with van der Waals surface area (Å²) in [7, 11) is 0. The van der Waals surface area contributed by atoms with Crippen molar-refractivity contribution in [1.29, 1.82) is 0 Å². The van der Waals surface area contributed by atoms with Crippen molar-refractivity contribution in [2.24, 2.45) is 5.92 Å². The molecule has 1 heterocycles. The van der Waals surface area contributed by atoms with Gasteiger partial charge in [-0.1, -0.05) is 24.3 Å². The van der Waals surface area contributed by atoms with Gasteiger partial charge in [-0.2, -0.15) is 0 Å². The van der Waals surface area contributed by atoms with E-state index in [9.17, 15) is 15.0 Å². The van der Waals surface area contributed by atoms with Crippen LogP contribution in [0.5, 0.6) is 17.2 Å². The summed E-state index contributed by atoms with van der Waals surface area (Å²) < 4.78 is 12.3. The van der Waals surface area contributed by atoms with Gasteiger partial charge in [0, 0.05) is 11.5 Å². The minimum atomic E-state index is -1.08. The van der Waals surface area contributed by atoms with E-state index < -0.39 is 11.7 Å². The van der Waals surface area contributed by atoms with Crippen molar-refractivity contribution in [2.45, 2.75) is 51.7 Å². The average Bonchev–Trinajstić information content (AvgIpc) is 3.06. The highest BCUT2D eigenvalue weighted by Gasteiger charge is 2.41. The predicted molar refractivity (Wildman–Crippen MR) is 115 cm³/mol. The highest BCUT2D eigenvalue weighted by Crippen LogP contribution is 2.53. The maximum absolute atomic E-state index is 11.9. The monoisotopic (exact) mass is 408 g/mol. The molecule has 2 aliphatic rings. The van der Waals surface area contributed by atoms with Gasteiger partial charge in [0.25, 0.3) is 0 Å². The van der Waals surface area contributed by atoms with Crippen LogP contribution < -0.4 is 9.47 Å². The fourth-order valence-electron chi connectivity index (χ4n) is 4.65. The van der Waals surface area contributed by atoms with Crippen LogP contribution in [0.3, 0.4) is 0 Å². The number of aromatic hydroxyl groups is 1. The van der Waals surface area contributed by atoms with Crippen LogP contribution in [-0.4, -0.2) is 34.8 Å². The summed E-state index contributed by atoms with van der Waals surface area (Å²) in [6.45, 7) is 11.8. The van der Waals surface area contributed by atoms with Crippen molar-refractivity contribution in [3.05, 3.63) is 64.2 Å². The molecule has 0 radical (unpaired) electrons. The molecule has 0 saturated heterocycles. The number of hydrogen-bond acceptors (Lipinski definition) is 5. The van der Waals surface area contributed by atoms with Crippen LogP contribution in [0.25, 0.3) is 0 Å². The lowest BCUT2D eigenvalue weighted by Gasteiger charge is -2.36. The summed E-state index contributed by atoms with van der Waals surface area (Å²) in [5.41, 5.74) is 3.98. The first-order chi connectivity index (χ1) is 14.1. The Bertz CT molecular complexity index is 1030. The van der Waals surface area contributed by atoms with E-state index >= 15 is 0 Å². The third kappa shape index (κ3) is 3.27. The zero-order valence-electron chi connectivity index (χ0n) is 17.9. The predicted octanol–water partition coefficient (Wildman–Crippen LogP) is 4.30. The van der Waals surface area contributed by atoms with E-state index in [1.54, 1.807) is 19.9 Å². The van der Waals surface area contributed by atoms with Gasteiger partial charge < -0.3 is 19.7 Å². The zero-order chi connectivity index (χ0) is 21.8.